The van der Waals surface area contributed by atoms with Gasteiger partial charge in [0.05, 0.1) is 0 Å². The van der Waals surface area contributed by atoms with E-state index in [4.69, 9.17) is 5.73 Å². The first-order valence-electron chi connectivity index (χ1n) is 5.80. The Morgan fingerprint density at radius 3 is 2.47 bits per heavy atom. The first-order valence-corrected chi connectivity index (χ1v) is 5.80. The number of amides is 1. The van der Waals surface area contributed by atoms with Crippen molar-refractivity contribution in [1.82, 2.24) is 4.98 Å². The second-order valence-corrected chi connectivity index (χ2v) is 4.10. The maximum absolute atomic E-state index is 12.8. The number of nitrogens with two attached hydrogens (primary N) is 1. The molecule has 0 saturated heterocycles. The number of carbonyl (C=O) groups excluding carboxylic acids is 1. The van der Waals surface area contributed by atoms with Crippen LogP contribution in [0.1, 0.15) is 16.1 Å². The molecule has 4 nitrogen and oxygen atoms in total. The minimum Gasteiger partial charge on any atom is -0.326 e. The van der Waals surface area contributed by atoms with Crippen molar-refractivity contribution in [2.75, 3.05) is 11.9 Å². The average Bonchev–Trinajstić information content (AvgIpc) is 2.46. The number of rotatable bonds is 3. The molecule has 0 spiro atoms. The smallest absolute Gasteiger partial charge is 0.276 e. The monoisotopic (exact) mass is 259 g/mol. The number of halogens is 1. The van der Waals surface area contributed by atoms with Crippen LogP contribution >= 0.6 is 0 Å². The molecule has 2 N–H and O–H groups in total. The van der Waals surface area contributed by atoms with Crippen LogP contribution in [0.15, 0.2) is 42.6 Å². The van der Waals surface area contributed by atoms with Crippen LogP contribution in [0, 0.1) is 5.82 Å². The first-order chi connectivity index (χ1) is 9.11. The van der Waals surface area contributed by atoms with Crippen molar-refractivity contribution in [3.63, 3.8) is 0 Å². The third-order valence-electron chi connectivity index (χ3n) is 2.80. The third-order valence-corrected chi connectivity index (χ3v) is 2.80. The van der Waals surface area contributed by atoms with Crippen LogP contribution in [0.2, 0.25) is 0 Å². The van der Waals surface area contributed by atoms with Crippen molar-refractivity contribution >= 4 is 11.6 Å². The predicted molar refractivity (Wildman–Crippen MR) is 71.3 cm³/mol. The second-order valence-electron chi connectivity index (χ2n) is 4.10. The molecule has 2 aromatic rings. The molecular weight excluding hydrogens is 245 g/mol. The molecule has 1 amide bonds. The van der Waals surface area contributed by atoms with Gasteiger partial charge in [-0.25, -0.2) is 4.39 Å². The van der Waals surface area contributed by atoms with E-state index in [1.165, 1.54) is 17.0 Å². The lowest BCUT2D eigenvalue weighted by atomic mass is 10.2. The van der Waals surface area contributed by atoms with E-state index in [1.54, 1.807) is 37.5 Å². The van der Waals surface area contributed by atoms with Crippen LogP contribution in [0.4, 0.5) is 10.1 Å². The van der Waals surface area contributed by atoms with Gasteiger partial charge >= 0.3 is 0 Å². The Kier molecular flexibility index (Phi) is 3.87. The SMILES string of the molecule is CN(C(=O)c1ccc(CN)cn1)c1ccc(F)cc1. The number of aromatic nitrogens is 1. The zero-order valence-corrected chi connectivity index (χ0v) is 10.5. The van der Waals surface area contributed by atoms with Crippen molar-refractivity contribution in [3.8, 4) is 0 Å². The van der Waals surface area contributed by atoms with Crippen molar-refractivity contribution < 1.29 is 9.18 Å². The summed E-state index contributed by atoms with van der Waals surface area (Å²) in [7, 11) is 1.62. The van der Waals surface area contributed by atoms with Gasteiger partial charge in [-0.05, 0) is 35.9 Å². The van der Waals surface area contributed by atoms with Gasteiger partial charge in [-0.3, -0.25) is 9.78 Å². The summed E-state index contributed by atoms with van der Waals surface area (Å²) in [5.41, 5.74) is 7.26. The van der Waals surface area contributed by atoms with E-state index in [1.807, 2.05) is 0 Å². The molecule has 19 heavy (non-hydrogen) atoms. The molecule has 0 fully saturated rings. The van der Waals surface area contributed by atoms with Gasteiger partial charge in [0.1, 0.15) is 11.5 Å². The Labute approximate surface area is 110 Å². The Morgan fingerprint density at radius 2 is 1.95 bits per heavy atom. The lowest BCUT2D eigenvalue weighted by molar-refractivity contribution is 0.0988. The van der Waals surface area contributed by atoms with Gasteiger partial charge in [-0.1, -0.05) is 6.07 Å². The first kappa shape index (κ1) is 13.2. The van der Waals surface area contributed by atoms with Gasteiger partial charge in [-0.2, -0.15) is 0 Å². The number of hydrogen-bond acceptors (Lipinski definition) is 3. The van der Waals surface area contributed by atoms with Crippen molar-refractivity contribution in [2.24, 2.45) is 5.73 Å². The summed E-state index contributed by atoms with van der Waals surface area (Å²) < 4.78 is 12.8. The van der Waals surface area contributed by atoms with E-state index in [0.29, 0.717) is 17.9 Å². The van der Waals surface area contributed by atoms with E-state index in [-0.39, 0.29) is 11.7 Å². The fourth-order valence-electron chi connectivity index (χ4n) is 1.63. The molecule has 1 aromatic heterocycles. The van der Waals surface area contributed by atoms with E-state index < -0.39 is 0 Å². The third kappa shape index (κ3) is 2.95. The standard InChI is InChI=1S/C14H14FN3O/c1-18(12-5-3-11(15)4-6-12)14(19)13-7-2-10(8-16)9-17-13/h2-7,9H,8,16H2,1H3. The summed E-state index contributed by atoms with van der Waals surface area (Å²) in [5, 5.41) is 0. The molecule has 2 rings (SSSR count). The van der Waals surface area contributed by atoms with Crippen LogP contribution < -0.4 is 10.6 Å². The largest absolute Gasteiger partial charge is 0.326 e. The highest BCUT2D eigenvalue weighted by Crippen LogP contribution is 2.15. The van der Waals surface area contributed by atoms with Crippen LogP contribution in [0.5, 0.6) is 0 Å². The molecule has 0 aliphatic carbocycles. The molecule has 1 aromatic carbocycles. The summed E-state index contributed by atoms with van der Waals surface area (Å²) in [4.78, 5) is 17.7. The lowest BCUT2D eigenvalue weighted by Gasteiger charge is -2.16. The Morgan fingerprint density at radius 1 is 1.26 bits per heavy atom. The molecule has 0 unspecified atom stereocenters. The lowest BCUT2D eigenvalue weighted by Crippen LogP contribution is -2.27. The fraction of sp³-hybridized carbons (Fsp3) is 0.143. The highest BCUT2D eigenvalue weighted by Gasteiger charge is 2.14. The summed E-state index contributed by atoms with van der Waals surface area (Å²) in [6.07, 6.45) is 1.58. The zero-order valence-electron chi connectivity index (χ0n) is 10.5. The highest BCUT2D eigenvalue weighted by molar-refractivity contribution is 6.04. The minimum absolute atomic E-state index is 0.254. The molecular formula is C14H14FN3O. The van der Waals surface area contributed by atoms with Crippen LogP contribution in [0.25, 0.3) is 0 Å². The zero-order chi connectivity index (χ0) is 13.8. The normalized spacial score (nSPS) is 10.3. The molecule has 98 valence electrons. The summed E-state index contributed by atoms with van der Waals surface area (Å²) in [6, 6.07) is 9.10. The molecule has 0 atom stereocenters. The Balaban J connectivity index is 2.20. The van der Waals surface area contributed by atoms with Crippen molar-refractivity contribution in [3.05, 3.63) is 59.7 Å². The van der Waals surface area contributed by atoms with E-state index in [0.717, 1.165) is 5.56 Å². The number of hydrogen-bond donors (Lipinski definition) is 1. The molecule has 0 saturated carbocycles. The maximum atomic E-state index is 12.8. The number of carbonyl (C=O) groups is 1. The molecule has 5 heteroatoms. The fourth-order valence-corrected chi connectivity index (χ4v) is 1.63. The quantitative estimate of drug-likeness (QED) is 0.916. The van der Waals surface area contributed by atoms with Crippen molar-refractivity contribution in [2.45, 2.75) is 6.54 Å². The van der Waals surface area contributed by atoms with E-state index in [9.17, 15) is 9.18 Å². The molecule has 0 aliphatic rings. The Hall–Kier alpha value is -2.27. The number of benzene rings is 1. The average molecular weight is 259 g/mol. The van der Waals surface area contributed by atoms with E-state index in [2.05, 4.69) is 4.98 Å². The van der Waals surface area contributed by atoms with Crippen LogP contribution in [-0.4, -0.2) is 17.9 Å². The van der Waals surface area contributed by atoms with Crippen LogP contribution in [-0.2, 0) is 6.54 Å². The van der Waals surface area contributed by atoms with Gasteiger partial charge in [0.2, 0.25) is 0 Å². The summed E-state index contributed by atoms with van der Waals surface area (Å²) >= 11 is 0. The molecule has 0 bridgehead atoms. The number of nitrogens with zero attached hydrogens (tertiary/aromatic N) is 2. The van der Waals surface area contributed by atoms with Crippen LogP contribution in [0.3, 0.4) is 0 Å². The van der Waals surface area contributed by atoms with Crippen molar-refractivity contribution in [1.29, 1.82) is 0 Å². The summed E-state index contributed by atoms with van der Waals surface area (Å²) in [5.74, 6) is -0.592. The number of pyridine rings is 1. The topological polar surface area (TPSA) is 59.2 Å². The van der Waals surface area contributed by atoms with Gasteiger partial charge in [0, 0.05) is 25.5 Å². The minimum atomic E-state index is -0.338. The van der Waals surface area contributed by atoms with Gasteiger partial charge in [0.15, 0.2) is 0 Å². The molecule has 0 radical (unpaired) electrons. The maximum Gasteiger partial charge on any atom is 0.276 e. The molecule has 0 aliphatic heterocycles. The predicted octanol–water partition coefficient (Wildman–Crippen LogP) is 1.96. The second kappa shape index (κ2) is 5.58. The van der Waals surface area contributed by atoms with Gasteiger partial charge in [-0.15, -0.1) is 0 Å². The number of anilines is 1. The molecule has 1 heterocycles. The van der Waals surface area contributed by atoms with Gasteiger partial charge in [0.25, 0.3) is 5.91 Å². The van der Waals surface area contributed by atoms with E-state index >= 15 is 0 Å². The Bertz CT molecular complexity index is 566. The summed E-state index contributed by atoms with van der Waals surface area (Å²) in [6.45, 7) is 0.384. The van der Waals surface area contributed by atoms with Gasteiger partial charge < -0.3 is 10.6 Å². The highest BCUT2D eigenvalue weighted by atomic mass is 19.1.